The molecule has 3 heterocycles. The third kappa shape index (κ3) is 7.75. The van der Waals surface area contributed by atoms with Gasteiger partial charge in [0.05, 0.1) is 23.3 Å². The van der Waals surface area contributed by atoms with Crippen molar-refractivity contribution < 1.29 is 33.3 Å². The number of carbonyl (C=O) groups excluding carboxylic acids is 5. The number of aldehydes is 1. The minimum atomic E-state index is -1.14. The lowest BCUT2D eigenvalue weighted by Crippen LogP contribution is -2.61. The van der Waals surface area contributed by atoms with Crippen molar-refractivity contribution in [3.63, 3.8) is 0 Å². The summed E-state index contributed by atoms with van der Waals surface area (Å²) in [6, 6.07) is 19.4. The van der Waals surface area contributed by atoms with Gasteiger partial charge in [-0.15, -0.1) is 0 Å². The molecule has 2 aromatic carbocycles. The van der Waals surface area contributed by atoms with E-state index >= 15 is 0 Å². The van der Waals surface area contributed by atoms with Crippen molar-refractivity contribution in [2.75, 3.05) is 13.2 Å². The summed E-state index contributed by atoms with van der Waals surface area (Å²) in [4.78, 5) is 75.9. The van der Waals surface area contributed by atoms with E-state index in [2.05, 4.69) is 4.99 Å². The minimum absolute atomic E-state index is 0.0183. The van der Waals surface area contributed by atoms with Gasteiger partial charge in [-0.25, -0.2) is 4.99 Å². The molecule has 0 fully saturated rings. The predicted octanol–water partition coefficient (Wildman–Crippen LogP) is 2.57. The van der Waals surface area contributed by atoms with Crippen molar-refractivity contribution in [3.05, 3.63) is 108 Å². The summed E-state index contributed by atoms with van der Waals surface area (Å²) in [7, 11) is 0. The highest BCUT2D eigenvalue weighted by molar-refractivity contribution is 6.06. The van der Waals surface area contributed by atoms with Gasteiger partial charge in [-0.2, -0.15) is 4.57 Å². The van der Waals surface area contributed by atoms with Crippen LogP contribution in [0.5, 0.6) is 0 Å². The molecule has 4 amide bonds. The largest absolute Gasteiger partial charge is 0.462 e. The van der Waals surface area contributed by atoms with E-state index in [-0.39, 0.29) is 38.1 Å². The molecule has 49 heavy (non-hydrogen) atoms. The van der Waals surface area contributed by atoms with Gasteiger partial charge in [0.25, 0.3) is 29.7 Å². The van der Waals surface area contributed by atoms with Crippen LogP contribution in [0.1, 0.15) is 49.2 Å². The highest BCUT2D eigenvalue weighted by Gasteiger charge is 2.47. The lowest BCUT2D eigenvalue weighted by molar-refractivity contribution is -0.684. The van der Waals surface area contributed by atoms with Gasteiger partial charge in [0.1, 0.15) is 25.0 Å². The van der Waals surface area contributed by atoms with Gasteiger partial charge < -0.3 is 20.2 Å². The highest BCUT2D eigenvalue weighted by Crippen LogP contribution is 2.34. The third-order valence-electron chi connectivity index (χ3n) is 8.30. The van der Waals surface area contributed by atoms with Crippen LogP contribution in [0, 0.1) is 5.92 Å². The number of nitrogens with zero attached hydrogens (tertiary/aromatic N) is 5. The SMILES string of the molecule is CC(C)[C@@H]1C(=O)N([C@@H](Cc2ccccc2)C(=O)N(CC=O)C2=NC(C)(C)CO2)C(c2ccccc2)=CN1C(=O)c1cc[n+](CC(N)=O)cc1. The smallest absolute Gasteiger partial charge is 0.295 e. The molecule has 12 nitrogen and oxygen atoms in total. The number of hydrogen-bond acceptors (Lipinski definition) is 7. The molecule has 0 unspecified atom stereocenters. The molecule has 0 saturated heterocycles. The van der Waals surface area contributed by atoms with Crippen LogP contribution in [0.25, 0.3) is 5.70 Å². The summed E-state index contributed by atoms with van der Waals surface area (Å²) in [5.41, 5.74) is 6.74. The van der Waals surface area contributed by atoms with Gasteiger partial charge in [-0.05, 0) is 30.9 Å². The maximum Gasteiger partial charge on any atom is 0.295 e. The van der Waals surface area contributed by atoms with Gasteiger partial charge in [0.15, 0.2) is 12.4 Å². The molecular weight excluding hydrogens is 624 g/mol. The van der Waals surface area contributed by atoms with Gasteiger partial charge in [-0.1, -0.05) is 74.5 Å². The third-order valence-corrected chi connectivity index (χ3v) is 8.30. The molecule has 254 valence electrons. The molecule has 5 rings (SSSR count). The number of primary amides is 1. The predicted molar refractivity (Wildman–Crippen MR) is 181 cm³/mol. The highest BCUT2D eigenvalue weighted by atomic mass is 16.5. The maximum absolute atomic E-state index is 14.9. The molecule has 0 spiro atoms. The molecule has 2 aliphatic heterocycles. The van der Waals surface area contributed by atoms with Crippen LogP contribution in [0.15, 0.2) is 96.4 Å². The van der Waals surface area contributed by atoms with Crippen LogP contribution >= 0.6 is 0 Å². The fourth-order valence-electron chi connectivity index (χ4n) is 5.97. The fourth-order valence-corrected chi connectivity index (χ4v) is 5.97. The molecule has 2 N–H and O–H groups in total. The molecule has 2 atom stereocenters. The quantitative estimate of drug-likeness (QED) is 0.246. The molecule has 0 saturated carbocycles. The van der Waals surface area contributed by atoms with Gasteiger partial charge >= 0.3 is 0 Å². The lowest BCUT2D eigenvalue weighted by Gasteiger charge is -2.44. The molecule has 3 aromatic rings. The molecular formula is C37H41N6O6+. The number of aromatic nitrogens is 1. The lowest BCUT2D eigenvalue weighted by atomic mass is 9.93. The summed E-state index contributed by atoms with van der Waals surface area (Å²) >= 11 is 0. The number of benzene rings is 2. The fraction of sp³-hybridized carbons (Fsp3) is 0.324. The number of hydrogen-bond donors (Lipinski definition) is 1. The number of amides is 4. The summed E-state index contributed by atoms with van der Waals surface area (Å²) in [6.07, 6.45) is 5.49. The van der Waals surface area contributed by atoms with E-state index < -0.39 is 41.3 Å². The Labute approximate surface area is 285 Å². The van der Waals surface area contributed by atoms with Crippen molar-refractivity contribution in [1.82, 2.24) is 14.7 Å². The van der Waals surface area contributed by atoms with Crippen LogP contribution in [0.4, 0.5) is 0 Å². The second kappa shape index (κ2) is 14.6. The van der Waals surface area contributed by atoms with E-state index in [1.54, 1.807) is 47.4 Å². The van der Waals surface area contributed by atoms with E-state index in [0.717, 1.165) is 5.56 Å². The number of carbonyl (C=O) groups is 5. The van der Waals surface area contributed by atoms with E-state index in [1.807, 2.05) is 76.2 Å². The number of amidine groups is 1. The zero-order chi connectivity index (χ0) is 35.3. The Hall–Kier alpha value is -5.65. The Morgan fingerprint density at radius 3 is 2.22 bits per heavy atom. The Bertz CT molecular complexity index is 1770. The minimum Gasteiger partial charge on any atom is -0.462 e. The van der Waals surface area contributed by atoms with E-state index in [1.165, 1.54) is 14.7 Å². The van der Waals surface area contributed by atoms with Crippen molar-refractivity contribution >= 4 is 41.6 Å². The monoisotopic (exact) mass is 665 g/mol. The van der Waals surface area contributed by atoms with Crippen LogP contribution in [-0.2, 0) is 36.9 Å². The van der Waals surface area contributed by atoms with Crippen LogP contribution in [-0.4, -0.2) is 81.4 Å². The zero-order valence-corrected chi connectivity index (χ0v) is 28.1. The van der Waals surface area contributed by atoms with Crippen LogP contribution in [0.2, 0.25) is 0 Å². The Balaban J connectivity index is 1.66. The van der Waals surface area contributed by atoms with Crippen molar-refractivity contribution in [3.8, 4) is 0 Å². The molecule has 0 bridgehead atoms. The van der Waals surface area contributed by atoms with Gasteiger partial charge in [0, 0.05) is 24.8 Å². The normalized spacial score (nSPS) is 17.6. The summed E-state index contributed by atoms with van der Waals surface area (Å²) in [5.74, 6) is -2.33. The van der Waals surface area contributed by atoms with Crippen molar-refractivity contribution in [2.24, 2.45) is 16.6 Å². The Morgan fingerprint density at radius 2 is 1.67 bits per heavy atom. The van der Waals surface area contributed by atoms with Crippen molar-refractivity contribution in [1.29, 1.82) is 0 Å². The second-order valence-electron chi connectivity index (χ2n) is 13.0. The number of aliphatic imine (C=N–C) groups is 1. The first-order valence-electron chi connectivity index (χ1n) is 16.1. The van der Waals surface area contributed by atoms with Crippen LogP contribution < -0.4 is 10.3 Å². The number of ether oxygens (including phenoxy) is 1. The summed E-state index contributed by atoms with van der Waals surface area (Å²) < 4.78 is 7.37. The molecule has 0 aliphatic carbocycles. The first-order chi connectivity index (χ1) is 23.4. The average molecular weight is 666 g/mol. The maximum atomic E-state index is 14.9. The van der Waals surface area contributed by atoms with Crippen molar-refractivity contribution in [2.45, 2.75) is 58.3 Å². The summed E-state index contributed by atoms with van der Waals surface area (Å²) in [6.45, 7) is 7.24. The average Bonchev–Trinajstić information content (AvgIpc) is 3.44. The van der Waals surface area contributed by atoms with Crippen LogP contribution in [0.3, 0.4) is 0 Å². The van der Waals surface area contributed by atoms with E-state index in [4.69, 9.17) is 10.5 Å². The second-order valence-corrected chi connectivity index (χ2v) is 13.0. The van der Waals surface area contributed by atoms with E-state index in [9.17, 15) is 24.0 Å². The summed E-state index contributed by atoms with van der Waals surface area (Å²) in [5, 5.41) is 0. The zero-order valence-electron chi connectivity index (χ0n) is 28.1. The number of pyridine rings is 1. The molecule has 2 aliphatic rings. The van der Waals surface area contributed by atoms with Gasteiger partial charge in [0.2, 0.25) is 6.54 Å². The molecule has 0 radical (unpaired) electrons. The standard InChI is InChI=1S/C37H40N6O6/c1-25(2)32-35(48)43(29(21-26-11-7-5-8-12-26)34(47)41(19-20-44)36-39-37(3,4)24-49-36)30(27-13-9-6-10-14-27)22-42(32)33(46)28-15-17-40(18-16-28)23-31(38)45/h5-18,20,22,25,29,32H,19,21,23-24H2,1-4H3,(H-,38,45)/p+1/t29-,32+/m0/s1. The van der Waals surface area contributed by atoms with E-state index in [0.29, 0.717) is 23.1 Å². The van der Waals surface area contributed by atoms with Gasteiger partial charge in [-0.3, -0.25) is 29.0 Å². The Kier molecular flexibility index (Phi) is 10.4. The topological polar surface area (TPSA) is 147 Å². The first kappa shape index (κ1) is 34.7. The number of nitrogens with two attached hydrogens (primary N) is 1. The number of rotatable bonds is 11. The molecule has 12 heteroatoms. The molecule has 1 aromatic heterocycles. The Morgan fingerprint density at radius 1 is 1.04 bits per heavy atom. The first-order valence-corrected chi connectivity index (χ1v) is 16.1.